The number of thioether (sulfide) groups is 1. The summed E-state index contributed by atoms with van der Waals surface area (Å²) in [6.07, 6.45) is 0. The molecule has 0 atom stereocenters. The fourth-order valence-electron chi connectivity index (χ4n) is 2.55. The number of carbonyl (C=O) groups excluding carboxylic acids is 1. The number of hydrogen-bond donors (Lipinski definition) is 1. The SMILES string of the molecule is CC(C)c1ccc(OCc2nnc(SCC(=O)Nc3ccc(I)cc3)n2C)cc1. The summed E-state index contributed by atoms with van der Waals surface area (Å²) in [6, 6.07) is 15.8. The van der Waals surface area contributed by atoms with Gasteiger partial charge in [-0.2, -0.15) is 0 Å². The highest BCUT2D eigenvalue weighted by Gasteiger charge is 2.12. The van der Waals surface area contributed by atoms with Crippen LogP contribution >= 0.6 is 34.4 Å². The maximum atomic E-state index is 12.2. The van der Waals surface area contributed by atoms with E-state index < -0.39 is 0 Å². The third-order valence-electron chi connectivity index (χ3n) is 4.30. The summed E-state index contributed by atoms with van der Waals surface area (Å²) in [6.45, 7) is 4.64. The molecule has 0 saturated carbocycles. The van der Waals surface area contributed by atoms with Crippen LogP contribution in [0.4, 0.5) is 5.69 Å². The largest absolute Gasteiger partial charge is 0.486 e. The molecule has 0 bridgehead atoms. The van der Waals surface area contributed by atoms with Crippen LogP contribution in [0.1, 0.15) is 31.2 Å². The molecule has 1 N–H and O–H groups in total. The smallest absolute Gasteiger partial charge is 0.234 e. The normalized spacial score (nSPS) is 10.9. The number of rotatable bonds is 8. The Kier molecular flexibility index (Phi) is 7.54. The van der Waals surface area contributed by atoms with Crippen molar-refractivity contribution in [1.82, 2.24) is 14.8 Å². The Labute approximate surface area is 188 Å². The fourth-order valence-corrected chi connectivity index (χ4v) is 3.64. The molecule has 1 heterocycles. The summed E-state index contributed by atoms with van der Waals surface area (Å²) in [5, 5.41) is 11.9. The van der Waals surface area contributed by atoms with Gasteiger partial charge in [0.1, 0.15) is 12.4 Å². The molecule has 6 nitrogen and oxygen atoms in total. The quantitative estimate of drug-likeness (QED) is 0.338. The van der Waals surface area contributed by atoms with Crippen molar-refractivity contribution in [2.24, 2.45) is 7.05 Å². The molecule has 8 heteroatoms. The second-order valence-electron chi connectivity index (χ2n) is 6.81. The maximum absolute atomic E-state index is 12.2. The van der Waals surface area contributed by atoms with Crippen molar-refractivity contribution in [1.29, 1.82) is 0 Å². The molecule has 1 aromatic heterocycles. The van der Waals surface area contributed by atoms with Gasteiger partial charge in [0.15, 0.2) is 11.0 Å². The van der Waals surface area contributed by atoms with Crippen LogP contribution in [0, 0.1) is 3.57 Å². The molecular formula is C21H23IN4O2S. The van der Waals surface area contributed by atoms with E-state index in [-0.39, 0.29) is 11.7 Å². The number of halogens is 1. The summed E-state index contributed by atoms with van der Waals surface area (Å²) < 4.78 is 8.80. The third-order valence-corrected chi connectivity index (χ3v) is 6.04. The Balaban J connectivity index is 1.50. The lowest BCUT2D eigenvalue weighted by atomic mass is 10.0. The highest BCUT2D eigenvalue weighted by atomic mass is 127. The molecule has 3 aromatic rings. The molecule has 0 aliphatic rings. The number of ether oxygens (including phenoxy) is 1. The Morgan fingerprint density at radius 2 is 1.83 bits per heavy atom. The van der Waals surface area contributed by atoms with E-state index in [4.69, 9.17) is 4.74 Å². The van der Waals surface area contributed by atoms with Crippen molar-refractivity contribution in [3.8, 4) is 5.75 Å². The van der Waals surface area contributed by atoms with Crippen molar-refractivity contribution in [2.45, 2.75) is 31.5 Å². The average molecular weight is 522 g/mol. The zero-order valence-electron chi connectivity index (χ0n) is 16.6. The van der Waals surface area contributed by atoms with Gasteiger partial charge in [0.25, 0.3) is 0 Å². The van der Waals surface area contributed by atoms with Gasteiger partial charge in [-0.3, -0.25) is 4.79 Å². The minimum atomic E-state index is -0.0812. The molecule has 29 heavy (non-hydrogen) atoms. The molecular weight excluding hydrogens is 499 g/mol. The van der Waals surface area contributed by atoms with Gasteiger partial charge < -0.3 is 14.6 Å². The summed E-state index contributed by atoms with van der Waals surface area (Å²) in [5.41, 5.74) is 2.06. The number of anilines is 1. The number of aromatic nitrogens is 3. The van der Waals surface area contributed by atoms with E-state index in [1.807, 2.05) is 48.0 Å². The van der Waals surface area contributed by atoms with Gasteiger partial charge in [-0.25, -0.2) is 0 Å². The molecule has 0 fully saturated rings. The summed E-state index contributed by atoms with van der Waals surface area (Å²) in [5.74, 6) is 2.17. The monoisotopic (exact) mass is 522 g/mol. The van der Waals surface area contributed by atoms with E-state index in [0.717, 1.165) is 15.0 Å². The van der Waals surface area contributed by atoms with Gasteiger partial charge in [0, 0.05) is 16.3 Å². The van der Waals surface area contributed by atoms with E-state index in [2.05, 4.69) is 64.1 Å². The number of benzene rings is 2. The van der Waals surface area contributed by atoms with Gasteiger partial charge in [-0.15, -0.1) is 10.2 Å². The first-order valence-electron chi connectivity index (χ1n) is 9.21. The van der Waals surface area contributed by atoms with Gasteiger partial charge in [-0.1, -0.05) is 37.7 Å². The predicted molar refractivity (Wildman–Crippen MR) is 124 cm³/mol. The Morgan fingerprint density at radius 1 is 1.14 bits per heavy atom. The third kappa shape index (κ3) is 6.20. The van der Waals surface area contributed by atoms with Gasteiger partial charge in [-0.05, 0) is 70.5 Å². The van der Waals surface area contributed by atoms with E-state index in [0.29, 0.717) is 23.5 Å². The van der Waals surface area contributed by atoms with E-state index >= 15 is 0 Å². The first-order chi connectivity index (χ1) is 13.9. The summed E-state index contributed by atoms with van der Waals surface area (Å²) >= 11 is 3.57. The van der Waals surface area contributed by atoms with Crippen LogP contribution in [0.15, 0.2) is 53.7 Å². The fraction of sp³-hybridized carbons (Fsp3) is 0.286. The molecule has 152 valence electrons. The number of nitrogens with one attached hydrogen (secondary N) is 1. The lowest BCUT2D eigenvalue weighted by molar-refractivity contribution is -0.113. The molecule has 0 unspecified atom stereocenters. The standard InChI is InChI=1S/C21H23IN4O2S/c1-14(2)15-4-10-18(11-5-15)28-12-19-24-25-21(26(19)3)29-13-20(27)23-17-8-6-16(22)7-9-17/h4-11,14H,12-13H2,1-3H3,(H,23,27). The molecule has 0 spiro atoms. The second-order valence-corrected chi connectivity index (χ2v) is 9.00. The summed E-state index contributed by atoms with van der Waals surface area (Å²) in [4.78, 5) is 12.2. The van der Waals surface area contributed by atoms with Crippen LogP contribution in [0.25, 0.3) is 0 Å². The number of nitrogens with zero attached hydrogens (tertiary/aromatic N) is 3. The molecule has 1 amide bonds. The van der Waals surface area contributed by atoms with E-state index in [1.165, 1.54) is 17.3 Å². The zero-order chi connectivity index (χ0) is 20.8. The average Bonchev–Trinajstić information content (AvgIpc) is 3.06. The van der Waals surface area contributed by atoms with Crippen molar-refractivity contribution < 1.29 is 9.53 Å². The minimum Gasteiger partial charge on any atom is -0.486 e. The van der Waals surface area contributed by atoms with Crippen molar-refractivity contribution in [2.75, 3.05) is 11.1 Å². The Bertz CT molecular complexity index is 956. The van der Waals surface area contributed by atoms with Crippen LogP contribution in [-0.2, 0) is 18.4 Å². The topological polar surface area (TPSA) is 69.0 Å². The Morgan fingerprint density at radius 3 is 2.48 bits per heavy atom. The second kappa shape index (κ2) is 10.1. The van der Waals surface area contributed by atoms with Crippen LogP contribution in [0.2, 0.25) is 0 Å². The minimum absolute atomic E-state index is 0.0812. The highest BCUT2D eigenvalue weighted by Crippen LogP contribution is 2.21. The van der Waals surface area contributed by atoms with Crippen LogP contribution in [-0.4, -0.2) is 26.4 Å². The first kappa shape index (κ1) is 21.6. The van der Waals surface area contributed by atoms with Gasteiger partial charge >= 0.3 is 0 Å². The van der Waals surface area contributed by atoms with Crippen molar-refractivity contribution in [3.63, 3.8) is 0 Å². The molecule has 0 saturated heterocycles. The highest BCUT2D eigenvalue weighted by molar-refractivity contribution is 14.1. The van der Waals surface area contributed by atoms with Gasteiger partial charge in [0.05, 0.1) is 5.75 Å². The maximum Gasteiger partial charge on any atom is 0.234 e. The van der Waals surface area contributed by atoms with Gasteiger partial charge in [0.2, 0.25) is 5.91 Å². The number of amides is 1. The van der Waals surface area contributed by atoms with Crippen LogP contribution in [0.5, 0.6) is 5.75 Å². The lowest BCUT2D eigenvalue weighted by Crippen LogP contribution is -2.14. The Hall–Kier alpha value is -2.07. The van der Waals surface area contributed by atoms with Crippen molar-refractivity contribution >= 4 is 45.9 Å². The molecule has 3 rings (SSSR count). The molecule has 0 radical (unpaired) electrons. The molecule has 2 aromatic carbocycles. The summed E-state index contributed by atoms with van der Waals surface area (Å²) in [7, 11) is 1.87. The predicted octanol–water partition coefficient (Wildman–Crippen LogP) is 4.85. The number of carbonyl (C=O) groups is 1. The van der Waals surface area contributed by atoms with Crippen molar-refractivity contribution in [3.05, 3.63) is 63.5 Å². The van der Waals surface area contributed by atoms with E-state index in [9.17, 15) is 4.79 Å². The first-order valence-corrected chi connectivity index (χ1v) is 11.3. The van der Waals surface area contributed by atoms with E-state index in [1.54, 1.807) is 0 Å². The number of hydrogen-bond acceptors (Lipinski definition) is 5. The zero-order valence-corrected chi connectivity index (χ0v) is 19.5. The van der Waals surface area contributed by atoms with Crippen LogP contribution < -0.4 is 10.1 Å². The van der Waals surface area contributed by atoms with Crippen LogP contribution in [0.3, 0.4) is 0 Å². The lowest BCUT2D eigenvalue weighted by Gasteiger charge is -2.09. The molecule has 0 aliphatic carbocycles. The molecule has 0 aliphatic heterocycles.